The summed E-state index contributed by atoms with van der Waals surface area (Å²) in [5, 5.41) is 4.68. The van der Waals surface area contributed by atoms with Crippen molar-refractivity contribution in [2.75, 3.05) is 6.54 Å². The molecule has 0 saturated carbocycles. The summed E-state index contributed by atoms with van der Waals surface area (Å²) in [6, 6.07) is 6.92. The molecule has 0 aliphatic carbocycles. The molecular formula is C15H20N2S. The van der Waals surface area contributed by atoms with Crippen LogP contribution < -0.4 is 5.32 Å². The first kappa shape index (κ1) is 13.2. The summed E-state index contributed by atoms with van der Waals surface area (Å²) in [6.07, 6.45) is 1.99. The van der Waals surface area contributed by atoms with Gasteiger partial charge in [-0.15, -0.1) is 11.3 Å². The van der Waals surface area contributed by atoms with Gasteiger partial charge in [-0.1, -0.05) is 30.7 Å². The van der Waals surface area contributed by atoms with Crippen LogP contribution in [-0.2, 0) is 0 Å². The monoisotopic (exact) mass is 260 g/mol. The summed E-state index contributed by atoms with van der Waals surface area (Å²) in [7, 11) is 0. The topological polar surface area (TPSA) is 24.9 Å². The number of nitrogens with one attached hydrogen (secondary N) is 1. The van der Waals surface area contributed by atoms with Crippen LogP contribution in [0.5, 0.6) is 0 Å². The first-order valence-electron chi connectivity index (χ1n) is 6.34. The van der Waals surface area contributed by atoms with E-state index in [0.29, 0.717) is 0 Å². The van der Waals surface area contributed by atoms with E-state index in [1.165, 1.54) is 21.6 Å². The Balaban J connectivity index is 2.41. The maximum absolute atomic E-state index is 4.37. The molecule has 3 heteroatoms. The first-order chi connectivity index (χ1) is 8.61. The molecule has 1 atom stereocenters. The molecule has 0 saturated heterocycles. The molecule has 1 aromatic carbocycles. The van der Waals surface area contributed by atoms with Crippen LogP contribution in [0.4, 0.5) is 0 Å². The van der Waals surface area contributed by atoms with Crippen molar-refractivity contribution in [3.63, 3.8) is 0 Å². The highest BCUT2D eigenvalue weighted by Gasteiger charge is 2.17. The second kappa shape index (κ2) is 5.63. The Kier molecular flexibility index (Phi) is 4.15. The predicted octanol–water partition coefficient (Wildman–Crippen LogP) is 3.77. The molecule has 1 N–H and O–H groups in total. The van der Waals surface area contributed by atoms with Gasteiger partial charge < -0.3 is 5.32 Å². The number of nitrogens with zero attached hydrogens (tertiary/aromatic N) is 1. The molecule has 1 heterocycles. The van der Waals surface area contributed by atoms with Crippen LogP contribution in [-0.4, -0.2) is 11.5 Å². The van der Waals surface area contributed by atoms with Crippen molar-refractivity contribution in [3.05, 3.63) is 51.0 Å². The van der Waals surface area contributed by atoms with Gasteiger partial charge in [-0.25, -0.2) is 4.98 Å². The molecule has 0 aliphatic rings. The molecule has 0 spiro atoms. The van der Waals surface area contributed by atoms with Crippen LogP contribution in [0.2, 0.25) is 0 Å². The lowest BCUT2D eigenvalue weighted by atomic mass is 9.98. The minimum Gasteiger partial charge on any atom is -0.306 e. The highest BCUT2D eigenvalue weighted by Crippen LogP contribution is 2.29. The minimum atomic E-state index is 0.266. The molecule has 2 nitrogen and oxygen atoms in total. The highest BCUT2D eigenvalue weighted by molar-refractivity contribution is 7.11. The molecule has 96 valence electrons. The number of aromatic nitrogens is 1. The summed E-state index contributed by atoms with van der Waals surface area (Å²) >= 11 is 1.77. The van der Waals surface area contributed by atoms with Gasteiger partial charge in [0, 0.05) is 11.1 Å². The molecule has 0 aliphatic heterocycles. The normalized spacial score (nSPS) is 12.7. The molecule has 0 amide bonds. The molecule has 18 heavy (non-hydrogen) atoms. The summed E-state index contributed by atoms with van der Waals surface area (Å²) < 4.78 is 0. The van der Waals surface area contributed by atoms with Gasteiger partial charge >= 0.3 is 0 Å². The Morgan fingerprint density at radius 1 is 1.28 bits per heavy atom. The molecule has 0 radical (unpaired) electrons. The zero-order valence-corrected chi connectivity index (χ0v) is 12.3. The molecule has 0 fully saturated rings. The molecule has 2 aromatic rings. The van der Waals surface area contributed by atoms with Crippen molar-refractivity contribution >= 4 is 11.3 Å². The Hall–Kier alpha value is -1.19. The maximum Gasteiger partial charge on any atom is 0.0897 e. The Labute approximate surface area is 113 Å². The number of hydrogen-bond acceptors (Lipinski definition) is 3. The van der Waals surface area contributed by atoms with Crippen LogP contribution in [0.1, 0.15) is 39.5 Å². The number of hydrogen-bond donors (Lipinski definition) is 1. The fourth-order valence-electron chi connectivity index (χ4n) is 2.23. The van der Waals surface area contributed by atoms with Crippen LogP contribution in [0.25, 0.3) is 0 Å². The lowest BCUT2D eigenvalue weighted by molar-refractivity contribution is 0.635. The Morgan fingerprint density at radius 2 is 2.06 bits per heavy atom. The quantitative estimate of drug-likeness (QED) is 0.905. The smallest absolute Gasteiger partial charge is 0.0897 e. The van der Waals surface area contributed by atoms with Gasteiger partial charge in [-0.3, -0.25) is 0 Å². The van der Waals surface area contributed by atoms with Crippen molar-refractivity contribution in [3.8, 4) is 0 Å². The van der Waals surface area contributed by atoms with E-state index in [-0.39, 0.29) is 6.04 Å². The van der Waals surface area contributed by atoms with Gasteiger partial charge in [-0.2, -0.15) is 0 Å². The molecular weight excluding hydrogens is 240 g/mol. The third-order valence-corrected chi connectivity index (χ3v) is 4.05. The number of thiazole rings is 1. The van der Waals surface area contributed by atoms with Crippen molar-refractivity contribution in [1.82, 2.24) is 10.3 Å². The molecule has 2 rings (SSSR count). The van der Waals surface area contributed by atoms with Crippen molar-refractivity contribution in [1.29, 1.82) is 0 Å². The van der Waals surface area contributed by atoms with E-state index in [1.807, 2.05) is 6.20 Å². The van der Waals surface area contributed by atoms with Gasteiger partial charge in [0.2, 0.25) is 0 Å². The van der Waals surface area contributed by atoms with E-state index < -0.39 is 0 Å². The second-order valence-corrected chi connectivity index (χ2v) is 5.90. The van der Waals surface area contributed by atoms with Crippen molar-refractivity contribution in [2.24, 2.45) is 0 Å². The SMILES string of the molecule is CCNC(c1cnc(C)s1)c1ccc(C)cc1C. The van der Waals surface area contributed by atoms with Gasteiger partial charge in [0.25, 0.3) is 0 Å². The fourth-order valence-corrected chi connectivity index (χ4v) is 3.11. The zero-order chi connectivity index (χ0) is 13.1. The van der Waals surface area contributed by atoms with Crippen LogP contribution in [0.3, 0.4) is 0 Å². The van der Waals surface area contributed by atoms with E-state index in [0.717, 1.165) is 11.6 Å². The van der Waals surface area contributed by atoms with Gasteiger partial charge in [-0.05, 0) is 38.4 Å². The summed E-state index contributed by atoms with van der Waals surface area (Å²) in [5.41, 5.74) is 4.00. The van der Waals surface area contributed by atoms with Gasteiger partial charge in [0.1, 0.15) is 0 Å². The van der Waals surface area contributed by atoms with E-state index in [2.05, 4.69) is 56.2 Å². The van der Waals surface area contributed by atoms with Crippen LogP contribution >= 0.6 is 11.3 Å². The Bertz CT molecular complexity index is 531. The van der Waals surface area contributed by atoms with Crippen molar-refractivity contribution in [2.45, 2.75) is 33.7 Å². The summed E-state index contributed by atoms with van der Waals surface area (Å²) in [6.45, 7) is 9.47. The maximum atomic E-state index is 4.37. The van der Waals surface area contributed by atoms with Crippen molar-refractivity contribution < 1.29 is 0 Å². The summed E-state index contributed by atoms with van der Waals surface area (Å²) in [5.74, 6) is 0. The molecule has 0 bridgehead atoms. The molecule has 1 unspecified atom stereocenters. The van der Waals surface area contributed by atoms with Gasteiger partial charge in [0.05, 0.1) is 11.0 Å². The first-order valence-corrected chi connectivity index (χ1v) is 7.16. The number of benzene rings is 1. The van der Waals surface area contributed by atoms with E-state index in [9.17, 15) is 0 Å². The van der Waals surface area contributed by atoms with Crippen LogP contribution in [0.15, 0.2) is 24.4 Å². The third-order valence-electron chi connectivity index (χ3n) is 3.07. The van der Waals surface area contributed by atoms with E-state index in [4.69, 9.17) is 0 Å². The average Bonchev–Trinajstić information content (AvgIpc) is 2.73. The second-order valence-electron chi connectivity index (χ2n) is 4.63. The lowest BCUT2D eigenvalue weighted by Gasteiger charge is -2.19. The lowest BCUT2D eigenvalue weighted by Crippen LogP contribution is -2.22. The minimum absolute atomic E-state index is 0.266. The van der Waals surface area contributed by atoms with E-state index >= 15 is 0 Å². The number of rotatable bonds is 4. The standard InChI is InChI=1S/C15H20N2S/c1-5-16-15(14-9-17-12(4)18-14)13-7-6-10(2)8-11(13)3/h6-9,15-16H,5H2,1-4H3. The largest absolute Gasteiger partial charge is 0.306 e. The van der Waals surface area contributed by atoms with Crippen LogP contribution in [0, 0.1) is 20.8 Å². The zero-order valence-electron chi connectivity index (χ0n) is 11.4. The Morgan fingerprint density at radius 3 is 2.61 bits per heavy atom. The fraction of sp³-hybridized carbons (Fsp3) is 0.400. The van der Waals surface area contributed by atoms with E-state index in [1.54, 1.807) is 11.3 Å². The third kappa shape index (κ3) is 2.79. The highest BCUT2D eigenvalue weighted by atomic mass is 32.1. The summed E-state index contributed by atoms with van der Waals surface area (Å²) in [4.78, 5) is 5.66. The van der Waals surface area contributed by atoms with Gasteiger partial charge in [0.15, 0.2) is 0 Å². The predicted molar refractivity (Wildman–Crippen MR) is 78.3 cm³/mol. The molecule has 1 aromatic heterocycles. The average molecular weight is 260 g/mol. The number of aryl methyl sites for hydroxylation is 3.